The quantitative estimate of drug-likeness (QED) is 0.461. The number of non-ortho nitro benzene ring substituents is 1. The summed E-state index contributed by atoms with van der Waals surface area (Å²) in [5.74, 6) is 0. The van der Waals surface area contributed by atoms with Gasteiger partial charge in [-0.05, 0) is 29.2 Å². The van der Waals surface area contributed by atoms with E-state index in [4.69, 9.17) is 11.6 Å². The molecule has 0 aliphatic rings. The second-order valence-corrected chi connectivity index (χ2v) is 3.86. The number of fused-ring (bicyclic) bond motifs is 1. The standard InChI is InChI=1S/C8H3ClN2O3S/c9-8(12)7-5-3-4(11(13)14)1-2-6(5)10-15-7/h1-3H. The van der Waals surface area contributed by atoms with E-state index in [2.05, 4.69) is 4.37 Å². The van der Waals surface area contributed by atoms with Crippen LogP contribution in [0.2, 0.25) is 0 Å². The lowest BCUT2D eigenvalue weighted by Crippen LogP contribution is -1.88. The minimum absolute atomic E-state index is 0.0816. The SMILES string of the molecule is O=C(Cl)c1snc2ccc([N+](=O)[O-])cc12. The van der Waals surface area contributed by atoms with E-state index in [0.29, 0.717) is 10.9 Å². The zero-order valence-electron chi connectivity index (χ0n) is 7.14. The van der Waals surface area contributed by atoms with Crippen LogP contribution in [0.15, 0.2) is 18.2 Å². The summed E-state index contributed by atoms with van der Waals surface area (Å²) < 4.78 is 3.95. The van der Waals surface area contributed by atoms with E-state index in [1.807, 2.05) is 0 Å². The molecule has 0 N–H and O–H groups in total. The molecule has 0 atom stereocenters. The molecule has 0 radical (unpaired) electrons. The van der Waals surface area contributed by atoms with Gasteiger partial charge in [0.1, 0.15) is 4.88 Å². The van der Waals surface area contributed by atoms with E-state index >= 15 is 0 Å². The highest BCUT2D eigenvalue weighted by atomic mass is 35.5. The molecule has 2 rings (SSSR count). The first kappa shape index (κ1) is 10.0. The lowest BCUT2D eigenvalue weighted by atomic mass is 10.2. The maximum Gasteiger partial charge on any atom is 0.270 e. The summed E-state index contributed by atoms with van der Waals surface area (Å²) in [6.07, 6.45) is 0. The molecular formula is C8H3ClN2O3S. The fourth-order valence-electron chi connectivity index (χ4n) is 1.18. The van der Waals surface area contributed by atoms with Gasteiger partial charge in [-0.1, -0.05) is 0 Å². The number of carbonyl (C=O) groups is 1. The van der Waals surface area contributed by atoms with E-state index in [1.165, 1.54) is 18.2 Å². The molecule has 0 spiro atoms. The molecule has 0 aliphatic heterocycles. The van der Waals surface area contributed by atoms with Gasteiger partial charge in [-0.25, -0.2) is 0 Å². The Kier molecular flexibility index (Phi) is 2.37. The maximum atomic E-state index is 11.0. The first-order valence-corrected chi connectivity index (χ1v) is 4.98. The second-order valence-electron chi connectivity index (χ2n) is 2.74. The van der Waals surface area contributed by atoms with Crippen LogP contribution < -0.4 is 0 Å². The van der Waals surface area contributed by atoms with Crippen molar-refractivity contribution in [3.63, 3.8) is 0 Å². The van der Waals surface area contributed by atoms with Crippen LogP contribution in [-0.4, -0.2) is 14.5 Å². The van der Waals surface area contributed by atoms with Gasteiger partial charge in [-0.15, -0.1) is 0 Å². The molecule has 1 aromatic carbocycles. The van der Waals surface area contributed by atoms with Crippen LogP contribution in [0.1, 0.15) is 9.67 Å². The van der Waals surface area contributed by atoms with Gasteiger partial charge in [0.2, 0.25) is 0 Å². The van der Waals surface area contributed by atoms with E-state index < -0.39 is 10.2 Å². The number of nitrogens with zero attached hydrogens (tertiary/aromatic N) is 2. The largest absolute Gasteiger partial charge is 0.275 e. The van der Waals surface area contributed by atoms with Crippen molar-refractivity contribution < 1.29 is 9.72 Å². The van der Waals surface area contributed by atoms with Gasteiger partial charge >= 0.3 is 0 Å². The Morgan fingerprint density at radius 3 is 2.87 bits per heavy atom. The number of carbonyl (C=O) groups excluding carboxylic acids is 1. The Labute approximate surface area is 92.6 Å². The number of rotatable bonds is 2. The molecule has 0 bridgehead atoms. The van der Waals surface area contributed by atoms with Crippen LogP contribution in [0.25, 0.3) is 10.9 Å². The zero-order valence-corrected chi connectivity index (χ0v) is 8.71. The number of benzene rings is 1. The third-order valence-electron chi connectivity index (χ3n) is 1.85. The van der Waals surface area contributed by atoms with Crippen LogP contribution in [0.3, 0.4) is 0 Å². The minimum Gasteiger partial charge on any atom is -0.275 e. The van der Waals surface area contributed by atoms with Gasteiger partial charge in [0.25, 0.3) is 10.9 Å². The summed E-state index contributed by atoms with van der Waals surface area (Å²) in [6, 6.07) is 4.13. The Bertz CT molecular complexity index is 566. The van der Waals surface area contributed by atoms with Crippen molar-refractivity contribution >= 4 is 45.0 Å². The van der Waals surface area contributed by atoms with E-state index in [0.717, 1.165) is 11.5 Å². The smallest absolute Gasteiger partial charge is 0.270 e. The fourth-order valence-corrected chi connectivity index (χ4v) is 2.07. The Hall–Kier alpha value is -1.53. The molecule has 1 heterocycles. The molecule has 76 valence electrons. The Morgan fingerprint density at radius 1 is 1.53 bits per heavy atom. The second kappa shape index (κ2) is 3.56. The van der Waals surface area contributed by atoms with E-state index in [1.54, 1.807) is 0 Å². The number of halogens is 1. The Morgan fingerprint density at radius 2 is 2.27 bits per heavy atom. The van der Waals surface area contributed by atoms with Crippen molar-refractivity contribution in [2.75, 3.05) is 0 Å². The predicted octanol–water partition coefficient (Wildman–Crippen LogP) is 2.58. The van der Waals surface area contributed by atoms with Gasteiger partial charge < -0.3 is 0 Å². The topological polar surface area (TPSA) is 73.1 Å². The summed E-state index contributed by atoms with van der Waals surface area (Å²) in [7, 11) is 0. The first-order chi connectivity index (χ1) is 7.09. The van der Waals surface area contributed by atoms with Crippen LogP contribution in [0.5, 0.6) is 0 Å². The van der Waals surface area contributed by atoms with Crippen LogP contribution in [0.4, 0.5) is 5.69 Å². The van der Waals surface area contributed by atoms with Crippen molar-refractivity contribution in [3.05, 3.63) is 33.2 Å². The minimum atomic E-state index is -0.650. The first-order valence-electron chi connectivity index (χ1n) is 3.83. The maximum absolute atomic E-state index is 11.0. The van der Waals surface area contributed by atoms with Gasteiger partial charge in [0, 0.05) is 17.5 Å². The molecule has 7 heteroatoms. The van der Waals surface area contributed by atoms with Crippen molar-refractivity contribution in [1.29, 1.82) is 0 Å². The van der Waals surface area contributed by atoms with Gasteiger partial charge in [0.15, 0.2) is 0 Å². The zero-order chi connectivity index (χ0) is 11.0. The highest BCUT2D eigenvalue weighted by Crippen LogP contribution is 2.27. The van der Waals surface area contributed by atoms with Crippen molar-refractivity contribution in [2.24, 2.45) is 0 Å². The highest BCUT2D eigenvalue weighted by molar-refractivity contribution is 7.11. The molecule has 15 heavy (non-hydrogen) atoms. The number of hydrogen-bond donors (Lipinski definition) is 0. The Balaban J connectivity index is 2.72. The molecular weight excluding hydrogens is 240 g/mol. The third kappa shape index (κ3) is 1.69. The lowest BCUT2D eigenvalue weighted by Gasteiger charge is -1.91. The average Bonchev–Trinajstić information content (AvgIpc) is 2.59. The monoisotopic (exact) mass is 242 g/mol. The molecule has 2 aromatic rings. The number of aromatic nitrogens is 1. The number of nitro groups is 1. The van der Waals surface area contributed by atoms with Gasteiger partial charge in [0.05, 0.1) is 10.4 Å². The van der Waals surface area contributed by atoms with Crippen LogP contribution in [-0.2, 0) is 0 Å². The number of nitro benzene ring substituents is 1. The van der Waals surface area contributed by atoms with Gasteiger partial charge in [-0.2, -0.15) is 4.37 Å². The predicted molar refractivity (Wildman–Crippen MR) is 56.5 cm³/mol. The molecule has 5 nitrogen and oxygen atoms in total. The van der Waals surface area contributed by atoms with E-state index in [-0.39, 0.29) is 10.6 Å². The molecule has 0 fully saturated rings. The summed E-state index contributed by atoms with van der Waals surface area (Å²) >= 11 is 6.25. The summed E-state index contributed by atoms with van der Waals surface area (Å²) in [4.78, 5) is 21.2. The number of hydrogen-bond acceptors (Lipinski definition) is 5. The molecule has 0 amide bonds. The van der Waals surface area contributed by atoms with Crippen LogP contribution in [0, 0.1) is 10.1 Å². The average molecular weight is 243 g/mol. The van der Waals surface area contributed by atoms with Crippen LogP contribution >= 0.6 is 23.1 Å². The van der Waals surface area contributed by atoms with Crippen molar-refractivity contribution in [2.45, 2.75) is 0 Å². The summed E-state index contributed by atoms with van der Waals surface area (Å²) in [6.45, 7) is 0. The highest BCUT2D eigenvalue weighted by Gasteiger charge is 2.15. The van der Waals surface area contributed by atoms with Crippen molar-refractivity contribution in [3.8, 4) is 0 Å². The fraction of sp³-hybridized carbons (Fsp3) is 0. The molecule has 1 aromatic heterocycles. The molecule has 0 aliphatic carbocycles. The van der Waals surface area contributed by atoms with Gasteiger partial charge in [-0.3, -0.25) is 14.9 Å². The summed E-state index contributed by atoms with van der Waals surface area (Å²) in [5, 5.41) is 10.3. The molecule has 0 unspecified atom stereocenters. The third-order valence-corrected chi connectivity index (χ3v) is 3.03. The normalized spacial score (nSPS) is 10.5. The molecule has 0 saturated carbocycles. The lowest BCUT2D eigenvalue weighted by molar-refractivity contribution is -0.384. The molecule has 0 saturated heterocycles. The van der Waals surface area contributed by atoms with Crippen molar-refractivity contribution in [1.82, 2.24) is 4.37 Å². The van der Waals surface area contributed by atoms with E-state index in [9.17, 15) is 14.9 Å². The summed E-state index contributed by atoms with van der Waals surface area (Å²) in [5.41, 5.74) is 0.455.